The zero-order valence-corrected chi connectivity index (χ0v) is 40.3. The molecule has 8 aromatic rings. The summed E-state index contributed by atoms with van der Waals surface area (Å²) in [4.78, 5) is 12.3. The zero-order chi connectivity index (χ0) is 46.6. The molecule has 69 heavy (non-hydrogen) atoms. The van der Waals surface area contributed by atoms with E-state index in [9.17, 15) is 0 Å². The summed E-state index contributed by atoms with van der Waals surface area (Å²) in [5.74, 6) is 5.17. The Morgan fingerprint density at radius 3 is 1.80 bits per heavy atom. The van der Waals surface area contributed by atoms with Gasteiger partial charge in [0.2, 0.25) is 11.8 Å². The van der Waals surface area contributed by atoms with Crippen LogP contribution in [0.25, 0.3) is 43.4 Å². The van der Waals surface area contributed by atoms with Crippen LogP contribution >= 0.6 is 0 Å². The van der Waals surface area contributed by atoms with Crippen LogP contribution in [-0.2, 0) is 6.54 Å². The molecule has 5 aromatic carbocycles. The third-order valence-corrected chi connectivity index (χ3v) is 17.2. The predicted octanol–water partition coefficient (Wildman–Crippen LogP) is 12.1. The lowest BCUT2D eigenvalue weighted by atomic mass is 9.70. The van der Waals surface area contributed by atoms with E-state index in [1.165, 1.54) is 52.8 Å². The number of rotatable bonds is 14. The van der Waals surface area contributed by atoms with Gasteiger partial charge in [0.25, 0.3) is 0 Å². The van der Waals surface area contributed by atoms with Crippen molar-refractivity contribution in [1.29, 1.82) is 0 Å². The normalized spacial score (nSPS) is 26.1. The summed E-state index contributed by atoms with van der Waals surface area (Å²) in [6.45, 7) is 9.98. The topological polar surface area (TPSA) is 91.7 Å². The van der Waals surface area contributed by atoms with Gasteiger partial charge in [0.15, 0.2) is 6.10 Å². The van der Waals surface area contributed by atoms with Gasteiger partial charge < -0.3 is 23.4 Å². The third kappa shape index (κ3) is 7.90. The van der Waals surface area contributed by atoms with E-state index in [4.69, 9.17) is 39.1 Å². The summed E-state index contributed by atoms with van der Waals surface area (Å²) in [5.41, 5.74) is 5.44. The molecule has 0 radical (unpaired) electrons. The predicted molar refractivity (Wildman–Crippen MR) is 273 cm³/mol. The molecule has 0 spiro atoms. The first-order valence-corrected chi connectivity index (χ1v) is 25.4. The first kappa shape index (κ1) is 43.9. The Labute approximate surface area is 405 Å². The maximum Gasteiger partial charge on any atom is 0.234 e. The largest absolute Gasteiger partial charge is 0.497 e. The van der Waals surface area contributed by atoms with E-state index in [0.717, 1.165) is 94.5 Å². The molecule has 14 rings (SSSR count). The van der Waals surface area contributed by atoms with Crippen LogP contribution in [0, 0.1) is 23.7 Å². The van der Waals surface area contributed by atoms with Crippen LogP contribution in [0.2, 0.25) is 0 Å². The minimum absolute atomic E-state index is 0.128. The molecule has 0 amide bonds. The first-order valence-electron chi connectivity index (χ1n) is 25.4. The molecule has 10 heteroatoms. The Morgan fingerprint density at radius 1 is 0.623 bits per heavy atom. The number of hydrogen-bond acceptors (Lipinski definition) is 9. The Morgan fingerprint density at radius 2 is 1.22 bits per heavy atom. The van der Waals surface area contributed by atoms with Crippen LogP contribution in [0.1, 0.15) is 81.3 Å². The molecule has 0 saturated carbocycles. The van der Waals surface area contributed by atoms with Gasteiger partial charge in [-0.3, -0.25) is 14.9 Å². The molecular formula is C59H63N6O4+. The van der Waals surface area contributed by atoms with Crippen LogP contribution in [0.5, 0.6) is 23.3 Å². The highest BCUT2D eigenvalue weighted by Crippen LogP contribution is 2.51. The minimum atomic E-state index is -0.353. The molecule has 2 unspecified atom stereocenters. The van der Waals surface area contributed by atoms with E-state index < -0.39 is 0 Å². The first-order chi connectivity index (χ1) is 33.9. The fourth-order valence-corrected chi connectivity index (χ4v) is 13.6. The van der Waals surface area contributed by atoms with Gasteiger partial charge in [-0.05, 0) is 120 Å². The number of aromatic nitrogens is 4. The van der Waals surface area contributed by atoms with Crippen molar-refractivity contribution in [2.45, 2.75) is 83.2 Å². The summed E-state index contributed by atoms with van der Waals surface area (Å²) < 4.78 is 27.1. The van der Waals surface area contributed by atoms with Crippen molar-refractivity contribution in [3.8, 4) is 23.3 Å². The van der Waals surface area contributed by atoms with Crippen LogP contribution in [0.3, 0.4) is 0 Å². The number of methoxy groups -OCH3 is 2. The second-order valence-electron chi connectivity index (χ2n) is 20.5. The molecule has 0 N–H and O–H groups in total. The molecule has 6 aliphatic heterocycles. The number of fused-ring (bicyclic) bond motifs is 10. The van der Waals surface area contributed by atoms with E-state index >= 15 is 0 Å². The van der Waals surface area contributed by atoms with E-state index in [0.29, 0.717) is 35.4 Å². The number of benzene rings is 5. The van der Waals surface area contributed by atoms with Crippen molar-refractivity contribution < 1.29 is 23.4 Å². The van der Waals surface area contributed by atoms with Gasteiger partial charge in [-0.15, -0.1) is 10.2 Å². The minimum Gasteiger partial charge on any atom is -0.497 e. The van der Waals surface area contributed by atoms with Crippen molar-refractivity contribution in [2.24, 2.45) is 23.7 Å². The van der Waals surface area contributed by atoms with Gasteiger partial charge in [-0.25, -0.2) is 0 Å². The maximum atomic E-state index is 7.45. The SMILES string of the molecule is CC[C@H]1CN2CC[C@H]1C[C@H]2[C@@H](Oc1ccc(O[C@@H](c2ccnc3ccc(OC)cc23)[C@@H]2C[C@@H]3CC[N+]2(Cc2c4ccccc4cc4ccccc24)C[C@@H]3CC)nn1)c1ccnc2ccc(OC)cc12. The lowest BCUT2D eigenvalue weighted by Gasteiger charge is -2.59. The average molecular weight is 920 g/mol. The monoisotopic (exact) mass is 919 g/mol. The number of quaternary nitrogens is 1. The number of ether oxygens (including phenoxy) is 4. The zero-order valence-electron chi connectivity index (χ0n) is 40.3. The van der Waals surface area contributed by atoms with Crippen LogP contribution in [0.15, 0.2) is 128 Å². The van der Waals surface area contributed by atoms with Gasteiger partial charge in [0, 0.05) is 77.3 Å². The summed E-state index contributed by atoms with van der Waals surface area (Å²) in [5, 5.41) is 17.1. The molecule has 10 atom stereocenters. The second-order valence-corrected chi connectivity index (χ2v) is 20.5. The van der Waals surface area contributed by atoms with Crippen LogP contribution in [0.4, 0.5) is 0 Å². The van der Waals surface area contributed by atoms with Crippen molar-refractivity contribution in [2.75, 3.05) is 40.4 Å². The fraction of sp³-hybridized carbons (Fsp3) is 0.390. The molecule has 0 aliphatic carbocycles. The van der Waals surface area contributed by atoms with Crippen molar-refractivity contribution in [1.82, 2.24) is 25.1 Å². The summed E-state index contributed by atoms with van der Waals surface area (Å²) in [6, 6.07) is 41.1. The van der Waals surface area contributed by atoms with Crippen LogP contribution < -0.4 is 18.9 Å². The van der Waals surface area contributed by atoms with Gasteiger partial charge in [0.1, 0.15) is 30.2 Å². The lowest BCUT2D eigenvalue weighted by molar-refractivity contribution is -0.985. The molecule has 6 aliphatic rings. The molecule has 6 saturated heterocycles. The summed E-state index contributed by atoms with van der Waals surface area (Å²) in [6.07, 6.45) is 10.1. The maximum absolute atomic E-state index is 7.45. The average Bonchev–Trinajstić information content (AvgIpc) is 3.41. The van der Waals surface area contributed by atoms with E-state index in [-0.39, 0.29) is 24.3 Å². The second kappa shape index (κ2) is 18.2. The van der Waals surface area contributed by atoms with Gasteiger partial charge in [-0.1, -0.05) is 68.8 Å². The quantitative estimate of drug-likeness (QED) is 0.0781. The molecule has 3 aromatic heterocycles. The van der Waals surface area contributed by atoms with Gasteiger partial charge in [0.05, 0.1) is 44.4 Å². The van der Waals surface area contributed by atoms with Crippen LogP contribution in [-0.4, -0.2) is 82.0 Å². The number of nitrogens with zero attached hydrogens (tertiary/aromatic N) is 6. The van der Waals surface area contributed by atoms with Gasteiger partial charge in [-0.2, -0.15) is 0 Å². The number of hydrogen-bond donors (Lipinski definition) is 0. The van der Waals surface area contributed by atoms with Gasteiger partial charge >= 0.3 is 0 Å². The third-order valence-electron chi connectivity index (χ3n) is 17.2. The molecule has 9 heterocycles. The summed E-state index contributed by atoms with van der Waals surface area (Å²) in [7, 11) is 3.44. The molecule has 6 fully saturated rings. The molecule has 352 valence electrons. The highest BCUT2D eigenvalue weighted by molar-refractivity contribution is 6.02. The highest BCUT2D eigenvalue weighted by Gasteiger charge is 2.56. The van der Waals surface area contributed by atoms with Crippen molar-refractivity contribution >= 4 is 43.4 Å². The Kier molecular flexibility index (Phi) is 11.6. The fourth-order valence-electron chi connectivity index (χ4n) is 13.6. The Hall–Kier alpha value is -6.36. The van der Waals surface area contributed by atoms with Crippen molar-refractivity contribution in [3.05, 3.63) is 144 Å². The highest BCUT2D eigenvalue weighted by atomic mass is 16.5. The van der Waals surface area contributed by atoms with E-state index in [1.54, 1.807) is 14.2 Å². The number of piperidine rings is 6. The standard InChI is InChI=1S/C59H63N6O4/c1-5-37-34-64-27-23-39(37)30-54(64)58(47-21-25-60-52-17-15-43(66-3)32-49(47)52)68-56-19-20-57(63-62-56)69-59(48-22-26-61-53-18-16-44(67-4)33-50(48)53)55-31-40-24-28-65(55,35-38(40)6-2)36-51-45-13-9-7-11-41(45)29-42-12-8-10-14-46(42)51/h7-22,25-26,29,32-33,37-40,54-55,58-59H,5-6,23-24,27-28,30-31,34-36H2,1-4H3/q+1/t37-,38-,39-,40-,54-,55-,58-,59-,65?/m0/s1. The van der Waals surface area contributed by atoms with E-state index in [2.05, 4.69) is 104 Å². The number of pyridine rings is 2. The lowest BCUT2D eigenvalue weighted by Crippen LogP contribution is -2.68. The smallest absolute Gasteiger partial charge is 0.234 e. The molecular weight excluding hydrogens is 857 g/mol. The molecule has 10 nitrogen and oxygen atoms in total. The molecule has 4 bridgehead atoms. The summed E-state index contributed by atoms with van der Waals surface area (Å²) >= 11 is 0. The Balaban J connectivity index is 0.941. The van der Waals surface area contributed by atoms with Crippen molar-refractivity contribution in [3.63, 3.8) is 0 Å². The Bertz CT molecular complexity index is 3110. The van der Waals surface area contributed by atoms with E-state index in [1.807, 2.05) is 42.7 Å².